The topological polar surface area (TPSA) is 82.7 Å². The maximum absolute atomic E-state index is 12.8. The fourth-order valence-electron chi connectivity index (χ4n) is 2.92. The second-order valence-electron chi connectivity index (χ2n) is 7.26. The zero-order valence-corrected chi connectivity index (χ0v) is 17.7. The average Bonchev–Trinajstić information content (AvgIpc) is 2.68. The molecule has 1 unspecified atom stereocenters. The Bertz CT molecular complexity index is 819. The molecule has 3 N–H and O–H groups in total. The number of nitrogens with zero attached hydrogens (tertiary/aromatic N) is 1. The first-order chi connectivity index (χ1) is 13.8. The monoisotopic (exact) mass is 398 g/mol. The standard InChI is InChI=1S/C22H30N4O3/c1-15(2)24-22(28)25-19-9-7-6-8-18(19)21(27)23-14-20(26(3)4)16-10-12-17(29-5)13-11-16/h6-13,15,20H,14H2,1-5H3,(H,23,27)(H2,24,25,28). The van der Waals surface area contributed by atoms with Crippen molar-refractivity contribution in [3.8, 4) is 5.75 Å². The van der Waals surface area contributed by atoms with E-state index in [-0.39, 0.29) is 24.0 Å². The van der Waals surface area contributed by atoms with E-state index in [9.17, 15) is 9.59 Å². The molecule has 0 aliphatic carbocycles. The van der Waals surface area contributed by atoms with Crippen molar-refractivity contribution in [1.29, 1.82) is 0 Å². The highest BCUT2D eigenvalue weighted by atomic mass is 16.5. The van der Waals surface area contributed by atoms with Gasteiger partial charge in [0, 0.05) is 12.6 Å². The number of hydrogen-bond donors (Lipinski definition) is 3. The van der Waals surface area contributed by atoms with Gasteiger partial charge in [-0.25, -0.2) is 4.79 Å². The summed E-state index contributed by atoms with van der Waals surface area (Å²) < 4.78 is 5.21. The number of methoxy groups -OCH3 is 1. The van der Waals surface area contributed by atoms with Crippen molar-refractivity contribution >= 4 is 17.6 Å². The number of likely N-dealkylation sites (N-methyl/N-ethyl adjacent to an activating group) is 1. The second-order valence-corrected chi connectivity index (χ2v) is 7.26. The minimum Gasteiger partial charge on any atom is -0.497 e. The van der Waals surface area contributed by atoms with Crippen molar-refractivity contribution in [2.45, 2.75) is 25.9 Å². The molecule has 0 spiro atoms. The van der Waals surface area contributed by atoms with Crippen LogP contribution in [0, 0.1) is 0 Å². The Balaban J connectivity index is 2.09. The van der Waals surface area contributed by atoms with E-state index in [0.717, 1.165) is 11.3 Å². The maximum atomic E-state index is 12.8. The number of benzene rings is 2. The van der Waals surface area contributed by atoms with Crippen molar-refractivity contribution in [2.24, 2.45) is 0 Å². The second kappa shape index (κ2) is 10.5. The van der Waals surface area contributed by atoms with Gasteiger partial charge in [-0.2, -0.15) is 0 Å². The predicted molar refractivity (Wildman–Crippen MR) is 115 cm³/mol. The van der Waals surface area contributed by atoms with E-state index in [1.54, 1.807) is 31.4 Å². The lowest BCUT2D eigenvalue weighted by atomic mass is 10.1. The fourth-order valence-corrected chi connectivity index (χ4v) is 2.92. The molecule has 0 fully saturated rings. The van der Waals surface area contributed by atoms with E-state index >= 15 is 0 Å². The van der Waals surface area contributed by atoms with Gasteiger partial charge in [-0.15, -0.1) is 0 Å². The molecule has 2 aromatic rings. The summed E-state index contributed by atoms with van der Waals surface area (Å²) >= 11 is 0. The molecule has 0 aliphatic rings. The van der Waals surface area contributed by atoms with Gasteiger partial charge in [0.2, 0.25) is 0 Å². The fraction of sp³-hybridized carbons (Fsp3) is 0.364. The van der Waals surface area contributed by atoms with Crippen molar-refractivity contribution in [3.63, 3.8) is 0 Å². The maximum Gasteiger partial charge on any atom is 0.319 e. The highest BCUT2D eigenvalue weighted by Crippen LogP contribution is 2.21. The Hall–Kier alpha value is -3.06. The quantitative estimate of drug-likeness (QED) is 0.637. The Labute approximate surface area is 172 Å². The summed E-state index contributed by atoms with van der Waals surface area (Å²) in [5, 5.41) is 8.48. The summed E-state index contributed by atoms with van der Waals surface area (Å²) in [6.07, 6.45) is 0. The summed E-state index contributed by atoms with van der Waals surface area (Å²) in [6, 6.07) is 14.4. The van der Waals surface area contributed by atoms with Crippen molar-refractivity contribution in [3.05, 3.63) is 59.7 Å². The van der Waals surface area contributed by atoms with Gasteiger partial charge in [-0.05, 0) is 57.8 Å². The summed E-state index contributed by atoms with van der Waals surface area (Å²) in [5.41, 5.74) is 1.95. The third-order valence-corrected chi connectivity index (χ3v) is 4.42. The molecule has 0 aromatic heterocycles. The third kappa shape index (κ3) is 6.50. The number of hydrogen-bond acceptors (Lipinski definition) is 4. The lowest BCUT2D eigenvalue weighted by Gasteiger charge is -2.25. The molecule has 0 saturated heterocycles. The van der Waals surface area contributed by atoms with Gasteiger partial charge < -0.3 is 25.6 Å². The summed E-state index contributed by atoms with van der Waals surface area (Å²) in [5.74, 6) is 0.542. The zero-order chi connectivity index (χ0) is 21.4. The highest BCUT2D eigenvalue weighted by molar-refractivity contribution is 6.03. The molecule has 0 saturated carbocycles. The Morgan fingerprint density at radius 2 is 1.69 bits per heavy atom. The number of amides is 3. The van der Waals surface area contributed by atoms with Crippen LogP contribution in [0.2, 0.25) is 0 Å². The number of nitrogens with one attached hydrogen (secondary N) is 3. The van der Waals surface area contributed by atoms with E-state index in [1.807, 2.05) is 57.1 Å². The minimum atomic E-state index is -0.343. The van der Waals surface area contributed by atoms with Crippen LogP contribution < -0.4 is 20.7 Å². The van der Waals surface area contributed by atoms with Crippen LogP contribution in [0.15, 0.2) is 48.5 Å². The molecular formula is C22H30N4O3. The molecule has 29 heavy (non-hydrogen) atoms. The number of ether oxygens (including phenoxy) is 1. The van der Waals surface area contributed by atoms with E-state index in [0.29, 0.717) is 17.8 Å². The number of para-hydroxylation sites is 1. The SMILES string of the molecule is COc1ccc(C(CNC(=O)c2ccccc2NC(=O)NC(C)C)N(C)C)cc1. The molecular weight excluding hydrogens is 368 g/mol. The van der Waals surface area contributed by atoms with Crippen molar-refractivity contribution < 1.29 is 14.3 Å². The first kappa shape index (κ1) is 22.2. The molecule has 2 aromatic carbocycles. The highest BCUT2D eigenvalue weighted by Gasteiger charge is 2.18. The first-order valence-electron chi connectivity index (χ1n) is 9.57. The molecule has 7 nitrogen and oxygen atoms in total. The van der Waals surface area contributed by atoms with Crippen LogP contribution in [0.25, 0.3) is 0 Å². The number of urea groups is 1. The normalized spacial score (nSPS) is 11.8. The molecule has 0 aliphatic heterocycles. The van der Waals surface area contributed by atoms with Crippen LogP contribution in [-0.4, -0.2) is 50.6 Å². The van der Waals surface area contributed by atoms with Gasteiger partial charge in [0.1, 0.15) is 5.75 Å². The van der Waals surface area contributed by atoms with Gasteiger partial charge in [0.05, 0.1) is 24.4 Å². The number of rotatable bonds is 8. The predicted octanol–water partition coefficient (Wildman–Crippen LogP) is 3.26. The van der Waals surface area contributed by atoms with Gasteiger partial charge in [0.25, 0.3) is 5.91 Å². The number of carbonyl (C=O) groups excluding carboxylic acids is 2. The van der Waals surface area contributed by atoms with Crippen LogP contribution in [0.5, 0.6) is 5.75 Å². The molecule has 0 radical (unpaired) electrons. The molecule has 0 heterocycles. The Morgan fingerprint density at radius 3 is 2.28 bits per heavy atom. The van der Waals surface area contributed by atoms with E-state index < -0.39 is 0 Å². The summed E-state index contributed by atoms with van der Waals surface area (Å²) in [6.45, 7) is 4.17. The molecule has 0 bridgehead atoms. The summed E-state index contributed by atoms with van der Waals surface area (Å²) in [4.78, 5) is 26.9. The lowest BCUT2D eigenvalue weighted by molar-refractivity contribution is 0.0943. The third-order valence-electron chi connectivity index (χ3n) is 4.42. The van der Waals surface area contributed by atoms with Gasteiger partial charge in [0.15, 0.2) is 0 Å². The van der Waals surface area contributed by atoms with Gasteiger partial charge in [-0.1, -0.05) is 24.3 Å². The van der Waals surface area contributed by atoms with E-state index in [2.05, 4.69) is 16.0 Å². The van der Waals surface area contributed by atoms with Crippen LogP contribution in [0.1, 0.15) is 35.8 Å². The minimum absolute atomic E-state index is 0.00124. The molecule has 1 atom stereocenters. The molecule has 7 heteroatoms. The van der Waals surface area contributed by atoms with Gasteiger partial charge in [-0.3, -0.25) is 4.79 Å². The molecule has 3 amide bonds. The van der Waals surface area contributed by atoms with Crippen LogP contribution in [0.3, 0.4) is 0 Å². The smallest absolute Gasteiger partial charge is 0.319 e. The van der Waals surface area contributed by atoms with E-state index in [1.165, 1.54) is 0 Å². The van der Waals surface area contributed by atoms with Crippen LogP contribution in [0.4, 0.5) is 10.5 Å². The number of carbonyl (C=O) groups is 2. The first-order valence-corrected chi connectivity index (χ1v) is 9.57. The average molecular weight is 399 g/mol. The van der Waals surface area contributed by atoms with Crippen molar-refractivity contribution in [1.82, 2.24) is 15.5 Å². The van der Waals surface area contributed by atoms with Crippen LogP contribution in [-0.2, 0) is 0 Å². The lowest BCUT2D eigenvalue weighted by Crippen LogP contribution is -2.36. The Morgan fingerprint density at radius 1 is 1.03 bits per heavy atom. The van der Waals surface area contributed by atoms with E-state index in [4.69, 9.17) is 4.74 Å². The summed E-state index contributed by atoms with van der Waals surface area (Å²) in [7, 11) is 5.56. The zero-order valence-electron chi connectivity index (χ0n) is 17.7. The van der Waals surface area contributed by atoms with Gasteiger partial charge >= 0.3 is 6.03 Å². The van der Waals surface area contributed by atoms with Crippen LogP contribution >= 0.6 is 0 Å². The largest absolute Gasteiger partial charge is 0.497 e. The Kier molecular flexibility index (Phi) is 8.03. The molecule has 2 rings (SSSR count). The molecule has 156 valence electrons. The van der Waals surface area contributed by atoms with Crippen molar-refractivity contribution in [2.75, 3.05) is 33.1 Å². The number of anilines is 1.